The molecule has 0 N–H and O–H groups in total. The van der Waals surface area contributed by atoms with E-state index in [4.69, 9.17) is 0 Å². The Labute approximate surface area is 181 Å². The van der Waals surface area contributed by atoms with Crippen molar-refractivity contribution in [3.8, 4) is 0 Å². The molecule has 2 radical (unpaired) electrons. The Morgan fingerprint density at radius 2 is 0.571 bits per heavy atom. The molecule has 28 heavy (non-hydrogen) atoms. The van der Waals surface area contributed by atoms with Crippen molar-refractivity contribution >= 4 is 0 Å². The number of rotatable bonds is 24. The summed E-state index contributed by atoms with van der Waals surface area (Å²) in [5.41, 5.74) is 0. The van der Waals surface area contributed by atoms with Gasteiger partial charge in [-0.3, -0.25) is 0 Å². The molecule has 0 aliphatic carbocycles. The molecule has 0 aromatic heterocycles. The van der Waals surface area contributed by atoms with Gasteiger partial charge in [0.25, 0.3) is 0 Å². The quantitative estimate of drug-likeness (QED) is 0.143. The molecule has 168 valence electrons. The molecular weight excluding hydrogens is 336 g/mol. The van der Waals surface area contributed by atoms with E-state index in [-0.39, 0.29) is 0 Å². The largest absolute Gasteiger partial charge is 0.0625 e. The molecule has 1 unspecified atom stereocenters. The molecule has 1 atom stereocenters. The SMILES string of the molecule is [CH2]CCCCCCCCCCCCCCCCCCCC(C)CCCCC[CH2]. The molecule has 0 nitrogen and oxygen atoms in total. The molecule has 0 rings (SSSR count). The first-order valence-electron chi connectivity index (χ1n) is 13.4. The minimum atomic E-state index is 0.948. The predicted octanol–water partition coefficient (Wildman–Crippen LogP) is 10.7. The van der Waals surface area contributed by atoms with Gasteiger partial charge in [0.1, 0.15) is 0 Å². The van der Waals surface area contributed by atoms with Gasteiger partial charge in [0.15, 0.2) is 0 Å². The molecule has 0 aliphatic heterocycles. The van der Waals surface area contributed by atoms with Crippen molar-refractivity contribution in [2.24, 2.45) is 5.92 Å². The monoisotopic (exact) mass is 392 g/mol. The maximum Gasteiger partial charge on any atom is -0.0443 e. The first kappa shape index (κ1) is 28.0. The first-order chi connectivity index (χ1) is 13.8. The predicted molar refractivity (Wildman–Crippen MR) is 131 cm³/mol. The van der Waals surface area contributed by atoms with E-state index in [0.717, 1.165) is 18.8 Å². The van der Waals surface area contributed by atoms with E-state index in [0.29, 0.717) is 0 Å². The van der Waals surface area contributed by atoms with Crippen molar-refractivity contribution in [1.29, 1.82) is 0 Å². The lowest BCUT2D eigenvalue weighted by molar-refractivity contribution is 0.434. The van der Waals surface area contributed by atoms with Gasteiger partial charge in [-0.2, -0.15) is 0 Å². The van der Waals surface area contributed by atoms with Gasteiger partial charge < -0.3 is 0 Å². The van der Waals surface area contributed by atoms with Crippen LogP contribution in [0.15, 0.2) is 0 Å². The fraction of sp³-hybridized carbons (Fsp3) is 0.929. The van der Waals surface area contributed by atoms with Gasteiger partial charge >= 0.3 is 0 Å². The summed E-state index contributed by atoms with van der Waals surface area (Å²) in [6, 6.07) is 0. The van der Waals surface area contributed by atoms with Crippen LogP contribution in [0.3, 0.4) is 0 Å². The number of hydrogen-bond donors (Lipinski definition) is 0. The molecule has 0 aliphatic rings. The molecule has 0 aromatic rings. The van der Waals surface area contributed by atoms with Gasteiger partial charge in [-0.05, 0) is 5.92 Å². The van der Waals surface area contributed by atoms with Gasteiger partial charge in [0.2, 0.25) is 0 Å². The summed E-state index contributed by atoms with van der Waals surface area (Å²) in [5.74, 6) is 0.948. The molecule has 0 spiro atoms. The van der Waals surface area contributed by atoms with Crippen LogP contribution >= 0.6 is 0 Å². The van der Waals surface area contributed by atoms with Crippen molar-refractivity contribution in [2.75, 3.05) is 0 Å². The third-order valence-electron chi connectivity index (χ3n) is 6.39. The Morgan fingerprint density at radius 3 is 0.857 bits per heavy atom. The highest BCUT2D eigenvalue weighted by Crippen LogP contribution is 2.18. The van der Waals surface area contributed by atoms with Crippen molar-refractivity contribution in [2.45, 2.75) is 161 Å². The topological polar surface area (TPSA) is 0 Å². The van der Waals surface area contributed by atoms with E-state index in [1.165, 1.54) is 141 Å². The fourth-order valence-electron chi connectivity index (χ4n) is 4.31. The second-order valence-electron chi connectivity index (χ2n) is 9.46. The van der Waals surface area contributed by atoms with Gasteiger partial charge in [0.05, 0.1) is 0 Å². The fourth-order valence-corrected chi connectivity index (χ4v) is 4.31. The highest BCUT2D eigenvalue weighted by molar-refractivity contribution is 4.56. The molecule has 0 amide bonds. The van der Waals surface area contributed by atoms with Crippen LogP contribution in [0.25, 0.3) is 0 Å². The summed E-state index contributed by atoms with van der Waals surface area (Å²) in [6.45, 7) is 10.3. The second kappa shape index (κ2) is 25.0. The highest BCUT2D eigenvalue weighted by Gasteiger charge is 2.02. The van der Waals surface area contributed by atoms with Gasteiger partial charge in [-0.15, -0.1) is 0 Å². The van der Waals surface area contributed by atoms with Crippen LogP contribution in [-0.2, 0) is 0 Å². The zero-order valence-corrected chi connectivity index (χ0v) is 20.0. The summed E-state index contributed by atoms with van der Waals surface area (Å²) in [6.07, 6.45) is 34.1. The van der Waals surface area contributed by atoms with Gasteiger partial charge in [-0.1, -0.05) is 175 Å². The minimum Gasteiger partial charge on any atom is -0.0625 e. The molecule has 0 saturated heterocycles. The summed E-state index contributed by atoms with van der Waals surface area (Å²) in [4.78, 5) is 0. The highest BCUT2D eigenvalue weighted by atomic mass is 14.1. The average Bonchev–Trinajstić information content (AvgIpc) is 2.70. The zero-order chi connectivity index (χ0) is 20.5. The van der Waals surface area contributed by atoms with Crippen LogP contribution in [0, 0.1) is 19.8 Å². The minimum absolute atomic E-state index is 0.948. The smallest absolute Gasteiger partial charge is 0.0443 e. The van der Waals surface area contributed by atoms with Crippen LogP contribution < -0.4 is 0 Å². The standard InChI is InChI=1S/C28H56/c1-4-6-8-10-11-12-13-14-15-16-17-18-19-20-21-22-23-25-27-28(3)26-24-9-7-5-2/h28H,1-2,4-27H2,3H3. The van der Waals surface area contributed by atoms with Crippen LogP contribution in [-0.4, -0.2) is 0 Å². The van der Waals surface area contributed by atoms with E-state index < -0.39 is 0 Å². The Morgan fingerprint density at radius 1 is 0.357 bits per heavy atom. The Hall–Kier alpha value is 0. The maximum absolute atomic E-state index is 3.93. The molecule has 0 aromatic carbocycles. The third kappa shape index (κ3) is 24.0. The van der Waals surface area contributed by atoms with Gasteiger partial charge in [-0.25, -0.2) is 0 Å². The zero-order valence-electron chi connectivity index (χ0n) is 20.0. The summed E-state index contributed by atoms with van der Waals surface area (Å²) < 4.78 is 0. The molecule has 0 bridgehead atoms. The van der Waals surface area contributed by atoms with Crippen molar-refractivity contribution < 1.29 is 0 Å². The van der Waals surface area contributed by atoms with Crippen LogP contribution in [0.4, 0.5) is 0 Å². The lowest BCUT2D eigenvalue weighted by Crippen LogP contribution is -1.95. The van der Waals surface area contributed by atoms with E-state index in [9.17, 15) is 0 Å². The normalized spacial score (nSPS) is 12.5. The Bertz CT molecular complexity index is 257. The van der Waals surface area contributed by atoms with Crippen molar-refractivity contribution in [3.05, 3.63) is 13.8 Å². The Kier molecular flexibility index (Phi) is 25.0. The second-order valence-corrected chi connectivity index (χ2v) is 9.46. The molecule has 0 heterocycles. The number of hydrogen-bond acceptors (Lipinski definition) is 0. The van der Waals surface area contributed by atoms with Crippen molar-refractivity contribution in [1.82, 2.24) is 0 Å². The molecule has 0 heteroatoms. The van der Waals surface area contributed by atoms with E-state index >= 15 is 0 Å². The summed E-state index contributed by atoms with van der Waals surface area (Å²) in [5, 5.41) is 0. The van der Waals surface area contributed by atoms with E-state index in [1.54, 1.807) is 0 Å². The summed E-state index contributed by atoms with van der Waals surface area (Å²) in [7, 11) is 0. The van der Waals surface area contributed by atoms with Crippen molar-refractivity contribution in [3.63, 3.8) is 0 Å². The van der Waals surface area contributed by atoms with Crippen LogP contribution in [0.2, 0.25) is 0 Å². The maximum atomic E-state index is 3.93. The van der Waals surface area contributed by atoms with E-state index in [1.807, 2.05) is 0 Å². The van der Waals surface area contributed by atoms with Gasteiger partial charge in [0, 0.05) is 0 Å². The average molecular weight is 393 g/mol. The van der Waals surface area contributed by atoms with Crippen LogP contribution in [0.5, 0.6) is 0 Å². The lowest BCUT2D eigenvalue weighted by Gasteiger charge is -2.10. The Balaban J connectivity index is 3.06. The summed E-state index contributed by atoms with van der Waals surface area (Å²) >= 11 is 0. The third-order valence-corrected chi connectivity index (χ3v) is 6.39. The lowest BCUT2D eigenvalue weighted by atomic mass is 9.96. The molecule has 0 fully saturated rings. The molecular formula is C28H56. The first-order valence-corrected chi connectivity index (χ1v) is 13.4. The van der Waals surface area contributed by atoms with Crippen LogP contribution in [0.1, 0.15) is 161 Å². The number of unbranched alkanes of at least 4 members (excludes halogenated alkanes) is 20. The molecule has 0 saturated carbocycles. The van der Waals surface area contributed by atoms with E-state index in [2.05, 4.69) is 20.8 Å².